The summed E-state index contributed by atoms with van der Waals surface area (Å²) in [4.78, 5) is 12.6. The number of benzene rings is 3. The van der Waals surface area contributed by atoms with Gasteiger partial charge >= 0.3 is 0 Å². The van der Waals surface area contributed by atoms with Crippen LogP contribution in [0, 0.1) is 5.82 Å². The van der Waals surface area contributed by atoms with Crippen molar-refractivity contribution in [1.82, 2.24) is 9.88 Å². The molecule has 0 atom stereocenters. The Hall–Kier alpha value is -3.57. The van der Waals surface area contributed by atoms with Gasteiger partial charge in [0.25, 0.3) is 0 Å². The summed E-state index contributed by atoms with van der Waals surface area (Å²) in [6.45, 7) is 0.640. The molecule has 4 aromatic rings. The maximum Gasteiger partial charge on any atom is 0.220 e. The molecule has 33 heavy (non-hydrogen) atoms. The second-order valence-corrected chi connectivity index (χ2v) is 8.41. The number of rotatable bonds is 6. The average molecular weight is 461 g/mol. The van der Waals surface area contributed by atoms with E-state index in [0.29, 0.717) is 23.6 Å². The number of aromatic nitrogens is 1. The topological polar surface area (TPSA) is 43.3 Å². The first-order valence-electron chi connectivity index (χ1n) is 10.8. The van der Waals surface area contributed by atoms with E-state index in [1.807, 2.05) is 48.5 Å². The zero-order valence-corrected chi connectivity index (χ0v) is 18.6. The maximum atomic E-state index is 13.8. The molecular weight excluding hydrogens is 439 g/mol. The largest absolute Gasteiger partial charge is 0.488 e. The molecule has 0 fully saturated rings. The number of amides is 1. The minimum Gasteiger partial charge on any atom is -0.488 e. The number of fused-ring (bicyclic) bond motifs is 3. The Balaban J connectivity index is 1.42. The molecule has 1 aromatic heterocycles. The summed E-state index contributed by atoms with van der Waals surface area (Å²) < 4.78 is 22.0. The van der Waals surface area contributed by atoms with Gasteiger partial charge in [0.1, 0.15) is 18.2 Å². The molecule has 2 heterocycles. The Morgan fingerprint density at radius 2 is 1.79 bits per heavy atom. The second-order valence-electron chi connectivity index (χ2n) is 7.97. The normalized spacial score (nSPS) is 11.9. The Morgan fingerprint density at radius 3 is 2.61 bits per heavy atom. The highest BCUT2D eigenvalue weighted by Gasteiger charge is 2.24. The SMILES string of the molecule is O=C(CCc1cc2c(n1-c1ccc(Cl)cc1)-c1ccccc1OC2)NCc1ccccc1F. The van der Waals surface area contributed by atoms with Crippen molar-refractivity contribution in [1.29, 1.82) is 0 Å². The van der Waals surface area contributed by atoms with Crippen LogP contribution in [0.4, 0.5) is 4.39 Å². The third-order valence-electron chi connectivity index (χ3n) is 5.81. The lowest BCUT2D eigenvalue weighted by Gasteiger charge is -2.21. The van der Waals surface area contributed by atoms with Gasteiger partial charge in [0.05, 0.1) is 5.69 Å². The first-order chi connectivity index (χ1) is 16.1. The molecule has 0 bridgehead atoms. The van der Waals surface area contributed by atoms with Gasteiger partial charge < -0.3 is 14.6 Å². The summed E-state index contributed by atoms with van der Waals surface area (Å²) in [5.41, 5.74) is 5.61. The summed E-state index contributed by atoms with van der Waals surface area (Å²) >= 11 is 6.13. The first-order valence-corrected chi connectivity index (χ1v) is 11.2. The van der Waals surface area contributed by atoms with E-state index in [0.717, 1.165) is 34.0 Å². The lowest BCUT2D eigenvalue weighted by atomic mass is 10.0. The monoisotopic (exact) mass is 460 g/mol. The van der Waals surface area contributed by atoms with E-state index in [2.05, 4.69) is 16.0 Å². The number of halogens is 2. The molecule has 0 aliphatic carbocycles. The van der Waals surface area contributed by atoms with Crippen molar-refractivity contribution >= 4 is 17.5 Å². The van der Waals surface area contributed by atoms with E-state index in [9.17, 15) is 9.18 Å². The molecule has 1 aliphatic heterocycles. The van der Waals surface area contributed by atoms with Gasteiger partial charge in [0.15, 0.2) is 0 Å². The first kappa shape index (κ1) is 21.3. The fourth-order valence-corrected chi connectivity index (χ4v) is 4.33. The third-order valence-corrected chi connectivity index (χ3v) is 6.06. The third kappa shape index (κ3) is 4.37. The lowest BCUT2D eigenvalue weighted by Crippen LogP contribution is -2.23. The van der Waals surface area contributed by atoms with Gasteiger partial charge in [-0.25, -0.2) is 4.39 Å². The van der Waals surface area contributed by atoms with Gasteiger partial charge in [-0.05, 0) is 55.0 Å². The molecule has 0 unspecified atom stereocenters. The second kappa shape index (κ2) is 9.12. The highest BCUT2D eigenvalue weighted by molar-refractivity contribution is 6.30. The molecule has 1 amide bonds. The molecule has 1 aliphatic rings. The van der Waals surface area contributed by atoms with Crippen LogP contribution in [0.15, 0.2) is 78.9 Å². The van der Waals surface area contributed by atoms with E-state index in [1.54, 1.807) is 18.2 Å². The van der Waals surface area contributed by atoms with E-state index < -0.39 is 0 Å². The highest BCUT2D eigenvalue weighted by atomic mass is 35.5. The molecule has 166 valence electrons. The summed E-state index contributed by atoms with van der Waals surface area (Å²) in [5.74, 6) is 0.394. The van der Waals surface area contributed by atoms with Crippen molar-refractivity contribution in [2.75, 3.05) is 0 Å². The highest BCUT2D eigenvalue weighted by Crippen LogP contribution is 2.41. The van der Waals surface area contributed by atoms with Gasteiger partial charge in [-0.1, -0.05) is 41.9 Å². The van der Waals surface area contributed by atoms with Crippen molar-refractivity contribution in [3.63, 3.8) is 0 Å². The zero-order valence-electron chi connectivity index (χ0n) is 17.9. The molecular formula is C27H22ClFN2O2. The van der Waals surface area contributed by atoms with Crippen LogP contribution in [0.3, 0.4) is 0 Å². The van der Waals surface area contributed by atoms with Crippen molar-refractivity contribution in [3.05, 3.63) is 107 Å². The molecule has 5 rings (SSSR count). The van der Waals surface area contributed by atoms with Gasteiger partial charge in [-0.15, -0.1) is 0 Å². The standard InChI is InChI=1S/C27H22ClFN2O2/c28-20-9-11-21(12-10-20)31-22(13-14-26(32)30-16-18-5-1-3-7-24(18)29)15-19-17-33-25-8-4-2-6-23(25)27(19)31/h1-12,15H,13-14,16-17H2,(H,30,32). The molecule has 0 spiro atoms. The number of carbonyl (C=O) groups is 1. The Kier molecular flexibility index (Phi) is 5.88. The number of carbonyl (C=O) groups excluding carboxylic acids is 1. The zero-order chi connectivity index (χ0) is 22.8. The number of nitrogens with zero attached hydrogens (tertiary/aromatic N) is 1. The van der Waals surface area contributed by atoms with E-state index in [4.69, 9.17) is 16.3 Å². The van der Waals surface area contributed by atoms with Crippen LogP contribution in [0.2, 0.25) is 5.02 Å². The van der Waals surface area contributed by atoms with E-state index in [1.165, 1.54) is 6.07 Å². The van der Waals surface area contributed by atoms with E-state index in [-0.39, 0.29) is 24.7 Å². The van der Waals surface area contributed by atoms with Crippen LogP contribution in [0.1, 0.15) is 23.2 Å². The fourth-order valence-electron chi connectivity index (χ4n) is 4.20. The van der Waals surface area contributed by atoms with Gasteiger partial charge in [-0.3, -0.25) is 4.79 Å². The quantitative estimate of drug-likeness (QED) is 0.379. The van der Waals surface area contributed by atoms with Crippen molar-refractivity contribution in [2.24, 2.45) is 0 Å². The Bertz CT molecular complexity index is 1310. The molecule has 0 saturated carbocycles. The van der Waals surface area contributed by atoms with Crippen LogP contribution < -0.4 is 10.1 Å². The Labute approximate surface area is 196 Å². The summed E-state index contributed by atoms with van der Waals surface area (Å²) in [6, 6.07) is 24.2. The van der Waals surface area contributed by atoms with Crippen LogP contribution in [-0.2, 0) is 24.4 Å². The van der Waals surface area contributed by atoms with Crippen LogP contribution in [0.5, 0.6) is 5.75 Å². The summed E-state index contributed by atoms with van der Waals surface area (Å²) in [7, 11) is 0. The number of nitrogens with one attached hydrogen (secondary N) is 1. The molecule has 3 aromatic carbocycles. The van der Waals surface area contributed by atoms with Crippen LogP contribution in [0.25, 0.3) is 16.9 Å². The smallest absolute Gasteiger partial charge is 0.220 e. The van der Waals surface area contributed by atoms with Gasteiger partial charge in [-0.2, -0.15) is 0 Å². The molecule has 4 nitrogen and oxygen atoms in total. The van der Waals surface area contributed by atoms with Crippen LogP contribution in [-0.4, -0.2) is 10.5 Å². The molecule has 6 heteroatoms. The minimum atomic E-state index is -0.319. The van der Waals surface area contributed by atoms with Crippen molar-refractivity contribution in [3.8, 4) is 22.7 Å². The molecule has 1 N–H and O–H groups in total. The molecule has 0 radical (unpaired) electrons. The number of ether oxygens (including phenoxy) is 1. The molecule has 0 saturated heterocycles. The fraction of sp³-hybridized carbons (Fsp3) is 0.148. The predicted molar refractivity (Wildman–Crippen MR) is 127 cm³/mol. The summed E-state index contributed by atoms with van der Waals surface area (Å²) in [5, 5.41) is 3.49. The van der Waals surface area contributed by atoms with Gasteiger partial charge in [0.2, 0.25) is 5.91 Å². The summed E-state index contributed by atoms with van der Waals surface area (Å²) in [6.07, 6.45) is 0.814. The number of hydrogen-bond acceptors (Lipinski definition) is 2. The van der Waals surface area contributed by atoms with E-state index >= 15 is 0 Å². The average Bonchev–Trinajstić information content (AvgIpc) is 3.22. The number of aryl methyl sites for hydroxylation is 1. The predicted octanol–water partition coefficient (Wildman–Crippen LogP) is 6.08. The van der Waals surface area contributed by atoms with Crippen LogP contribution >= 0.6 is 11.6 Å². The van der Waals surface area contributed by atoms with Crippen molar-refractivity contribution < 1.29 is 13.9 Å². The Morgan fingerprint density at radius 1 is 1.03 bits per heavy atom. The maximum absolute atomic E-state index is 13.8. The lowest BCUT2D eigenvalue weighted by molar-refractivity contribution is -0.121. The number of hydrogen-bond donors (Lipinski definition) is 1. The van der Waals surface area contributed by atoms with Crippen molar-refractivity contribution in [2.45, 2.75) is 26.0 Å². The van der Waals surface area contributed by atoms with Gasteiger partial charge in [0, 0.05) is 46.1 Å². The minimum absolute atomic E-state index is 0.128. The number of para-hydroxylation sites is 1.